The van der Waals surface area contributed by atoms with Crippen molar-refractivity contribution in [2.24, 2.45) is 5.92 Å². The highest BCUT2D eigenvalue weighted by molar-refractivity contribution is 14.1. The highest BCUT2D eigenvalue weighted by Gasteiger charge is 2.39. The van der Waals surface area contributed by atoms with Crippen LogP contribution in [0, 0.1) is 5.92 Å². The van der Waals surface area contributed by atoms with Gasteiger partial charge in [0.25, 0.3) is 0 Å². The maximum atomic E-state index is 10.6. The van der Waals surface area contributed by atoms with E-state index in [0.29, 0.717) is 6.42 Å². The predicted molar refractivity (Wildman–Crippen MR) is 85.1 cm³/mol. The molecular weight excluding hydrogens is 343 g/mol. The second-order valence-corrected chi connectivity index (χ2v) is 11.5. The zero-order valence-electron chi connectivity index (χ0n) is 11.8. The van der Waals surface area contributed by atoms with Crippen LogP contribution in [0.25, 0.3) is 0 Å². The van der Waals surface area contributed by atoms with Crippen molar-refractivity contribution in [1.82, 2.24) is 0 Å². The molecule has 4 heteroatoms. The van der Waals surface area contributed by atoms with Gasteiger partial charge in [0.1, 0.15) is 6.29 Å². The molecule has 0 aliphatic heterocycles. The van der Waals surface area contributed by atoms with Crippen LogP contribution in [-0.4, -0.2) is 20.7 Å². The molecule has 2 atom stereocenters. The molecule has 0 spiro atoms. The van der Waals surface area contributed by atoms with Gasteiger partial charge in [0.05, 0.1) is 6.10 Å². The molecule has 0 saturated carbocycles. The van der Waals surface area contributed by atoms with Crippen LogP contribution in [0.4, 0.5) is 0 Å². The number of aldehydes is 1. The molecule has 0 aromatic rings. The van der Waals surface area contributed by atoms with Crippen molar-refractivity contribution in [3.8, 4) is 0 Å². The molecule has 2 nitrogen and oxygen atoms in total. The maximum Gasteiger partial charge on any atom is 0.192 e. The first-order valence-electron chi connectivity index (χ1n) is 6.04. The number of halogens is 1. The fraction of sp³-hybridized carbons (Fsp3) is 0.769. The first kappa shape index (κ1) is 17.3. The van der Waals surface area contributed by atoms with E-state index in [1.807, 2.05) is 4.08 Å². The summed E-state index contributed by atoms with van der Waals surface area (Å²) in [6.07, 6.45) is 3.65. The molecule has 100 valence electrons. The van der Waals surface area contributed by atoms with E-state index in [4.69, 9.17) is 4.43 Å². The van der Waals surface area contributed by atoms with E-state index in [1.165, 1.54) is 0 Å². The molecule has 17 heavy (non-hydrogen) atoms. The molecule has 0 aliphatic carbocycles. The van der Waals surface area contributed by atoms with Crippen LogP contribution in [0.15, 0.2) is 10.2 Å². The van der Waals surface area contributed by atoms with Crippen molar-refractivity contribution < 1.29 is 9.22 Å². The molecule has 0 heterocycles. The third-order valence-corrected chi connectivity index (χ3v) is 8.42. The molecule has 0 bridgehead atoms. The van der Waals surface area contributed by atoms with Crippen molar-refractivity contribution in [2.75, 3.05) is 0 Å². The van der Waals surface area contributed by atoms with Gasteiger partial charge in [-0.3, -0.25) is 0 Å². The lowest BCUT2D eigenvalue weighted by atomic mass is 10.0. The van der Waals surface area contributed by atoms with Gasteiger partial charge < -0.3 is 9.22 Å². The summed E-state index contributed by atoms with van der Waals surface area (Å²) in [5, 5.41) is 0.200. The van der Waals surface area contributed by atoms with E-state index in [1.54, 1.807) is 0 Å². The summed E-state index contributed by atoms with van der Waals surface area (Å²) in [7, 11) is -1.77. The van der Waals surface area contributed by atoms with Crippen molar-refractivity contribution in [3.63, 3.8) is 0 Å². The van der Waals surface area contributed by atoms with Gasteiger partial charge in [-0.05, 0) is 28.1 Å². The topological polar surface area (TPSA) is 26.3 Å². The Morgan fingerprint density at radius 3 is 2.24 bits per heavy atom. The highest BCUT2D eigenvalue weighted by Crippen LogP contribution is 2.38. The summed E-state index contributed by atoms with van der Waals surface area (Å²) in [5.41, 5.74) is 0. The van der Waals surface area contributed by atoms with Gasteiger partial charge in [-0.1, -0.05) is 56.4 Å². The Labute approximate surface area is 120 Å². The Hall–Kier alpha value is 0.317. The number of carbonyl (C=O) groups is 1. The SMILES string of the molecule is C[C@@H](CC=O)[C@@H](/C=C\I)O[Si](C)(C)C(C)(C)C. The Bertz CT molecular complexity index is 269. The standard InChI is InChI=1S/C13H25IO2Si/c1-11(8-10-15)12(7-9-14)16-17(5,6)13(2,3)4/h7,9-12H,8H2,1-6H3/b9-7-/t11-,12+/m0/s1. The summed E-state index contributed by atoms with van der Waals surface area (Å²) in [5.74, 6) is 0.243. The second kappa shape index (κ2) is 7.04. The summed E-state index contributed by atoms with van der Waals surface area (Å²) in [6, 6.07) is 0. The fourth-order valence-corrected chi connectivity index (χ4v) is 2.97. The molecular formula is C13H25IO2Si. The van der Waals surface area contributed by atoms with Crippen molar-refractivity contribution in [3.05, 3.63) is 10.2 Å². The van der Waals surface area contributed by atoms with Crippen LogP contribution in [0.1, 0.15) is 34.1 Å². The molecule has 0 N–H and O–H groups in total. The molecule has 0 aromatic carbocycles. The quantitative estimate of drug-likeness (QED) is 0.391. The van der Waals surface area contributed by atoms with E-state index >= 15 is 0 Å². The first-order chi connectivity index (χ1) is 7.65. The lowest BCUT2D eigenvalue weighted by Crippen LogP contribution is -2.45. The molecule has 0 saturated heterocycles. The Morgan fingerprint density at radius 2 is 1.88 bits per heavy atom. The largest absolute Gasteiger partial charge is 0.410 e. The molecule has 0 radical (unpaired) electrons. The van der Waals surface area contributed by atoms with Crippen LogP contribution in [0.3, 0.4) is 0 Å². The van der Waals surface area contributed by atoms with Crippen LogP contribution in [0.5, 0.6) is 0 Å². The monoisotopic (exact) mass is 368 g/mol. The predicted octanol–water partition coefficient (Wildman–Crippen LogP) is 4.55. The number of rotatable bonds is 6. The van der Waals surface area contributed by atoms with Crippen LogP contribution >= 0.6 is 22.6 Å². The number of carbonyl (C=O) groups excluding carboxylic acids is 1. The second-order valence-electron chi connectivity index (χ2n) is 6.04. The minimum atomic E-state index is -1.77. The molecule has 0 unspecified atom stereocenters. The number of hydrogen-bond donors (Lipinski definition) is 0. The average molecular weight is 368 g/mol. The summed E-state index contributed by atoms with van der Waals surface area (Å²) in [6.45, 7) is 13.3. The van der Waals surface area contributed by atoms with E-state index in [9.17, 15) is 4.79 Å². The van der Waals surface area contributed by atoms with Crippen LogP contribution in [-0.2, 0) is 9.22 Å². The molecule has 0 aliphatic rings. The zero-order chi connectivity index (χ0) is 13.7. The van der Waals surface area contributed by atoms with E-state index in [0.717, 1.165) is 6.29 Å². The van der Waals surface area contributed by atoms with Crippen LogP contribution in [0.2, 0.25) is 18.1 Å². The van der Waals surface area contributed by atoms with E-state index in [2.05, 4.69) is 69.5 Å². The molecule has 0 fully saturated rings. The Morgan fingerprint density at radius 1 is 1.35 bits per heavy atom. The summed E-state index contributed by atoms with van der Waals surface area (Å²) in [4.78, 5) is 10.6. The number of hydrogen-bond acceptors (Lipinski definition) is 2. The van der Waals surface area contributed by atoms with Gasteiger partial charge in [-0.15, -0.1) is 0 Å². The van der Waals surface area contributed by atoms with Gasteiger partial charge in [0.2, 0.25) is 0 Å². The van der Waals surface area contributed by atoms with Gasteiger partial charge in [0, 0.05) is 6.42 Å². The fourth-order valence-electron chi connectivity index (χ4n) is 1.22. The van der Waals surface area contributed by atoms with Gasteiger partial charge >= 0.3 is 0 Å². The smallest absolute Gasteiger partial charge is 0.192 e. The van der Waals surface area contributed by atoms with Crippen molar-refractivity contribution in [2.45, 2.75) is 58.4 Å². The highest BCUT2D eigenvalue weighted by atomic mass is 127. The first-order valence-corrected chi connectivity index (χ1v) is 10.2. The van der Waals surface area contributed by atoms with Crippen LogP contribution < -0.4 is 0 Å². The minimum absolute atomic E-state index is 0.0537. The average Bonchev–Trinajstić information content (AvgIpc) is 2.15. The third-order valence-electron chi connectivity index (χ3n) is 3.53. The van der Waals surface area contributed by atoms with Gasteiger partial charge in [-0.25, -0.2) is 0 Å². The molecule has 0 aromatic heterocycles. The maximum absolute atomic E-state index is 10.6. The Balaban J connectivity index is 4.82. The Kier molecular flexibility index (Phi) is 7.17. The lowest BCUT2D eigenvalue weighted by Gasteiger charge is -2.40. The van der Waals surface area contributed by atoms with E-state index in [-0.39, 0.29) is 17.1 Å². The van der Waals surface area contributed by atoms with Gasteiger partial charge in [0.15, 0.2) is 8.32 Å². The normalized spacial score (nSPS) is 17.1. The zero-order valence-corrected chi connectivity index (χ0v) is 14.9. The minimum Gasteiger partial charge on any atom is -0.410 e. The molecule has 0 amide bonds. The van der Waals surface area contributed by atoms with Crippen molar-refractivity contribution >= 4 is 37.2 Å². The van der Waals surface area contributed by atoms with Crippen molar-refractivity contribution in [1.29, 1.82) is 0 Å². The summed E-state index contributed by atoms with van der Waals surface area (Å²) < 4.78 is 8.33. The summed E-state index contributed by atoms with van der Waals surface area (Å²) >= 11 is 2.20. The van der Waals surface area contributed by atoms with E-state index < -0.39 is 8.32 Å². The third kappa shape index (κ3) is 5.66. The lowest BCUT2D eigenvalue weighted by molar-refractivity contribution is -0.109. The molecule has 0 rings (SSSR count). The van der Waals surface area contributed by atoms with Gasteiger partial charge in [-0.2, -0.15) is 0 Å².